The molecule has 0 amide bonds. The van der Waals surface area contributed by atoms with Gasteiger partial charge in [0.15, 0.2) is 0 Å². The van der Waals surface area contributed by atoms with Crippen LogP contribution in [0.25, 0.3) is 10.4 Å². The SMILES string of the molecule is CC1=C(C)C(C)(COC(=O)CCN=[N+]=[N-])C(C)=C1C. The smallest absolute Gasteiger partial charge is 0.305 e. The highest BCUT2D eigenvalue weighted by Crippen LogP contribution is 2.46. The summed E-state index contributed by atoms with van der Waals surface area (Å²) < 4.78 is 5.32. The van der Waals surface area contributed by atoms with Crippen LogP contribution >= 0.6 is 0 Å². The van der Waals surface area contributed by atoms with Crippen LogP contribution in [0.1, 0.15) is 41.0 Å². The molecule has 0 N–H and O–H groups in total. The minimum Gasteiger partial charge on any atom is -0.464 e. The first kappa shape index (κ1) is 15.3. The van der Waals surface area contributed by atoms with Crippen LogP contribution in [-0.4, -0.2) is 19.1 Å². The van der Waals surface area contributed by atoms with Crippen molar-refractivity contribution < 1.29 is 9.53 Å². The quantitative estimate of drug-likeness (QED) is 0.326. The van der Waals surface area contributed by atoms with Gasteiger partial charge >= 0.3 is 5.97 Å². The molecule has 19 heavy (non-hydrogen) atoms. The topological polar surface area (TPSA) is 75.1 Å². The Morgan fingerprint density at radius 3 is 2.26 bits per heavy atom. The van der Waals surface area contributed by atoms with Gasteiger partial charge in [-0.2, -0.15) is 0 Å². The molecule has 1 rings (SSSR count). The van der Waals surface area contributed by atoms with Gasteiger partial charge in [0.1, 0.15) is 6.61 Å². The normalized spacial score (nSPS) is 17.5. The second-order valence-corrected chi connectivity index (χ2v) is 5.20. The maximum atomic E-state index is 11.6. The Bertz CT molecular complexity index is 473. The van der Waals surface area contributed by atoms with Crippen LogP contribution in [0.5, 0.6) is 0 Å². The fourth-order valence-corrected chi connectivity index (χ4v) is 2.37. The van der Waals surface area contributed by atoms with Crippen LogP contribution in [-0.2, 0) is 9.53 Å². The molecule has 0 spiro atoms. The minimum absolute atomic E-state index is 0.129. The molecule has 0 aromatic heterocycles. The van der Waals surface area contributed by atoms with Crippen molar-refractivity contribution >= 4 is 5.97 Å². The molecule has 0 aliphatic heterocycles. The van der Waals surface area contributed by atoms with Crippen molar-refractivity contribution in [1.29, 1.82) is 0 Å². The zero-order chi connectivity index (χ0) is 14.6. The summed E-state index contributed by atoms with van der Waals surface area (Å²) in [5.41, 5.74) is 13.0. The molecule has 0 fully saturated rings. The molecule has 0 heterocycles. The molecule has 0 bridgehead atoms. The van der Waals surface area contributed by atoms with E-state index in [1.165, 1.54) is 22.3 Å². The van der Waals surface area contributed by atoms with Crippen LogP contribution in [0.4, 0.5) is 0 Å². The highest BCUT2D eigenvalue weighted by Gasteiger charge is 2.37. The van der Waals surface area contributed by atoms with E-state index < -0.39 is 0 Å². The maximum Gasteiger partial charge on any atom is 0.305 e. The Balaban J connectivity index is 2.67. The molecule has 0 aromatic rings. The molecular formula is C14H21N3O2. The number of hydrogen-bond acceptors (Lipinski definition) is 3. The van der Waals surface area contributed by atoms with Gasteiger partial charge in [-0.05, 0) is 51.3 Å². The first-order valence-corrected chi connectivity index (χ1v) is 6.37. The van der Waals surface area contributed by atoms with E-state index in [4.69, 9.17) is 10.3 Å². The number of nitrogens with zero attached hydrogens (tertiary/aromatic N) is 3. The summed E-state index contributed by atoms with van der Waals surface area (Å²) in [7, 11) is 0. The summed E-state index contributed by atoms with van der Waals surface area (Å²) in [6.07, 6.45) is 0.129. The molecule has 0 aromatic carbocycles. The van der Waals surface area contributed by atoms with Gasteiger partial charge in [0.05, 0.1) is 6.42 Å². The molecule has 0 saturated carbocycles. The highest BCUT2D eigenvalue weighted by molar-refractivity contribution is 5.69. The van der Waals surface area contributed by atoms with Gasteiger partial charge in [-0.3, -0.25) is 4.79 Å². The fourth-order valence-electron chi connectivity index (χ4n) is 2.37. The van der Waals surface area contributed by atoms with E-state index in [2.05, 4.69) is 44.6 Å². The zero-order valence-corrected chi connectivity index (χ0v) is 12.3. The second-order valence-electron chi connectivity index (χ2n) is 5.20. The standard InChI is InChI=1S/C14H21N3O2/c1-9-10(2)12(4)14(5,11(9)3)8-19-13(18)6-7-16-17-15/h6-8H2,1-5H3. The van der Waals surface area contributed by atoms with Crippen LogP contribution in [0.2, 0.25) is 0 Å². The molecule has 1 aliphatic rings. The van der Waals surface area contributed by atoms with E-state index in [9.17, 15) is 4.79 Å². The van der Waals surface area contributed by atoms with Crippen LogP contribution in [0, 0.1) is 5.41 Å². The minimum atomic E-state index is -0.323. The van der Waals surface area contributed by atoms with E-state index in [1.807, 2.05) is 0 Å². The lowest BCUT2D eigenvalue weighted by molar-refractivity contribution is -0.145. The van der Waals surface area contributed by atoms with Gasteiger partial charge < -0.3 is 4.74 Å². The largest absolute Gasteiger partial charge is 0.464 e. The summed E-state index contributed by atoms with van der Waals surface area (Å²) in [6, 6.07) is 0. The van der Waals surface area contributed by atoms with Crippen molar-refractivity contribution in [2.24, 2.45) is 10.5 Å². The molecule has 0 atom stereocenters. The lowest BCUT2D eigenvalue weighted by Crippen LogP contribution is -2.26. The van der Waals surface area contributed by atoms with Crippen molar-refractivity contribution in [1.82, 2.24) is 0 Å². The van der Waals surface area contributed by atoms with Crippen molar-refractivity contribution in [3.05, 3.63) is 32.7 Å². The molecule has 0 radical (unpaired) electrons. The highest BCUT2D eigenvalue weighted by atomic mass is 16.5. The van der Waals surface area contributed by atoms with E-state index >= 15 is 0 Å². The average Bonchev–Trinajstić information content (AvgIpc) is 2.53. The van der Waals surface area contributed by atoms with Gasteiger partial charge in [-0.25, -0.2) is 0 Å². The lowest BCUT2D eigenvalue weighted by atomic mass is 9.80. The molecule has 5 nitrogen and oxygen atoms in total. The van der Waals surface area contributed by atoms with Crippen LogP contribution in [0.3, 0.4) is 0 Å². The lowest BCUT2D eigenvalue weighted by Gasteiger charge is -2.28. The third-order valence-electron chi connectivity index (χ3n) is 4.34. The summed E-state index contributed by atoms with van der Waals surface area (Å²) in [6.45, 7) is 11.0. The Morgan fingerprint density at radius 2 is 1.79 bits per heavy atom. The average molecular weight is 263 g/mol. The summed E-state index contributed by atoms with van der Waals surface area (Å²) in [5.74, 6) is -0.323. The summed E-state index contributed by atoms with van der Waals surface area (Å²) >= 11 is 0. The Kier molecular flexibility index (Phi) is 4.78. The number of hydrogen-bond donors (Lipinski definition) is 0. The number of esters is 1. The predicted molar refractivity (Wildman–Crippen MR) is 74.4 cm³/mol. The third-order valence-corrected chi connectivity index (χ3v) is 4.34. The van der Waals surface area contributed by atoms with Gasteiger partial charge in [0, 0.05) is 16.9 Å². The first-order chi connectivity index (χ1) is 8.84. The van der Waals surface area contributed by atoms with Crippen molar-refractivity contribution in [3.63, 3.8) is 0 Å². The number of azide groups is 1. The number of rotatable bonds is 5. The van der Waals surface area contributed by atoms with Gasteiger partial charge in [-0.15, -0.1) is 0 Å². The third kappa shape index (κ3) is 2.99. The van der Waals surface area contributed by atoms with Crippen molar-refractivity contribution in [2.45, 2.75) is 41.0 Å². The molecule has 0 saturated heterocycles. The molecule has 104 valence electrons. The van der Waals surface area contributed by atoms with E-state index in [0.717, 1.165) is 0 Å². The molecular weight excluding hydrogens is 242 g/mol. The van der Waals surface area contributed by atoms with E-state index in [-0.39, 0.29) is 24.3 Å². The number of ether oxygens (including phenoxy) is 1. The molecule has 5 heteroatoms. The van der Waals surface area contributed by atoms with Gasteiger partial charge in [0.2, 0.25) is 0 Å². The maximum absolute atomic E-state index is 11.6. The summed E-state index contributed by atoms with van der Waals surface area (Å²) in [5, 5.41) is 3.32. The van der Waals surface area contributed by atoms with Crippen molar-refractivity contribution in [2.75, 3.05) is 13.2 Å². The Morgan fingerprint density at radius 1 is 1.26 bits per heavy atom. The number of allylic oxidation sites excluding steroid dienone is 2. The summed E-state index contributed by atoms with van der Waals surface area (Å²) in [4.78, 5) is 14.2. The van der Waals surface area contributed by atoms with Gasteiger partial charge in [-0.1, -0.05) is 16.3 Å². The first-order valence-electron chi connectivity index (χ1n) is 6.37. The second kappa shape index (κ2) is 5.93. The van der Waals surface area contributed by atoms with Gasteiger partial charge in [0.25, 0.3) is 0 Å². The molecule has 0 unspecified atom stereocenters. The molecule has 1 aliphatic carbocycles. The number of carbonyl (C=O) groups excluding carboxylic acids is 1. The zero-order valence-electron chi connectivity index (χ0n) is 12.3. The fraction of sp³-hybridized carbons (Fsp3) is 0.643. The van der Waals surface area contributed by atoms with E-state index in [0.29, 0.717) is 6.61 Å². The Labute approximate surface area is 114 Å². The monoisotopic (exact) mass is 263 g/mol. The van der Waals surface area contributed by atoms with Crippen LogP contribution < -0.4 is 0 Å². The van der Waals surface area contributed by atoms with E-state index in [1.54, 1.807) is 0 Å². The number of carbonyl (C=O) groups is 1. The van der Waals surface area contributed by atoms with Crippen LogP contribution in [0.15, 0.2) is 27.4 Å². The Hall–Kier alpha value is -1.74. The van der Waals surface area contributed by atoms with Crippen molar-refractivity contribution in [3.8, 4) is 0 Å². The predicted octanol–water partition coefficient (Wildman–Crippen LogP) is 3.92.